The highest BCUT2D eigenvalue weighted by Crippen LogP contribution is 2.23. The fourth-order valence-electron chi connectivity index (χ4n) is 0.710. The zero-order valence-electron chi connectivity index (χ0n) is 8.00. The molecule has 0 saturated heterocycles. The monoisotopic (exact) mass is 220 g/mol. The topological polar surface area (TPSA) is 35.0 Å². The van der Waals surface area contributed by atoms with E-state index in [-0.39, 0.29) is 5.41 Å². The van der Waals surface area contributed by atoms with Crippen LogP contribution in [0.1, 0.15) is 27.2 Å². The Balaban J connectivity index is 2.32. The molecule has 1 heterocycles. The van der Waals surface area contributed by atoms with Crippen molar-refractivity contribution < 1.29 is 4.74 Å². The molecule has 0 radical (unpaired) electrons. The first-order valence-electron chi connectivity index (χ1n) is 4.10. The van der Waals surface area contributed by atoms with Gasteiger partial charge in [0.15, 0.2) is 0 Å². The molecule has 0 aliphatic rings. The third-order valence-corrected chi connectivity index (χ3v) is 2.37. The summed E-state index contributed by atoms with van der Waals surface area (Å²) in [6.07, 6.45) is 0.973. The van der Waals surface area contributed by atoms with Crippen LogP contribution >= 0.6 is 23.3 Å². The Morgan fingerprint density at radius 2 is 2.08 bits per heavy atom. The molecule has 0 bridgehead atoms. The van der Waals surface area contributed by atoms with Gasteiger partial charge in [-0.2, -0.15) is 4.37 Å². The van der Waals surface area contributed by atoms with Crippen LogP contribution in [0.15, 0.2) is 0 Å². The van der Waals surface area contributed by atoms with Crippen LogP contribution in [0.25, 0.3) is 0 Å². The maximum atomic E-state index is 5.70. The second kappa shape index (κ2) is 4.24. The highest BCUT2D eigenvalue weighted by molar-refractivity contribution is 6.99. The number of hydrogen-bond donors (Lipinski definition) is 0. The van der Waals surface area contributed by atoms with Crippen LogP contribution in [0.4, 0.5) is 0 Å². The Hall–Kier alpha value is -0.350. The molecule has 74 valence electrons. The summed E-state index contributed by atoms with van der Waals surface area (Å²) in [7, 11) is 0. The average molecular weight is 221 g/mol. The Morgan fingerprint density at radius 1 is 1.38 bits per heavy atom. The molecule has 0 aromatic carbocycles. The summed E-state index contributed by atoms with van der Waals surface area (Å²) in [4.78, 5) is 0. The summed E-state index contributed by atoms with van der Waals surface area (Å²) in [5.74, 6) is 0.455. The minimum absolute atomic E-state index is 0.274. The lowest BCUT2D eigenvalue weighted by Gasteiger charge is -2.17. The van der Waals surface area contributed by atoms with Gasteiger partial charge in [0.2, 0.25) is 5.15 Å². The zero-order valence-corrected chi connectivity index (χ0v) is 9.58. The molecular weight excluding hydrogens is 208 g/mol. The van der Waals surface area contributed by atoms with Crippen LogP contribution in [0.5, 0.6) is 5.88 Å². The molecule has 0 aliphatic heterocycles. The fourth-order valence-corrected chi connectivity index (χ4v) is 1.35. The van der Waals surface area contributed by atoms with Gasteiger partial charge < -0.3 is 4.74 Å². The molecule has 0 aliphatic carbocycles. The van der Waals surface area contributed by atoms with E-state index in [1.807, 2.05) is 0 Å². The average Bonchev–Trinajstić information content (AvgIpc) is 2.34. The summed E-state index contributed by atoms with van der Waals surface area (Å²) in [5, 5.41) is 0.360. The highest BCUT2D eigenvalue weighted by atomic mass is 35.5. The Morgan fingerprint density at radius 3 is 2.54 bits per heavy atom. The van der Waals surface area contributed by atoms with Gasteiger partial charge in [-0.05, 0) is 11.8 Å². The van der Waals surface area contributed by atoms with Gasteiger partial charge in [-0.15, -0.1) is 4.37 Å². The van der Waals surface area contributed by atoms with Crippen LogP contribution in [0.2, 0.25) is 5.15 Å². The Kier molecular flexibility index (Phi) is 3.50. The first-order valence-corrected chi connectivity index (χ1v) is 5.21. The second-order valence-corrected chi connectivity index (χ2v) is 4.91. The lowest BCUT2D eigenvalue weighted by molar-refractivity contribution is 0.238. The predicted molar refractivity (Wildman–Crippen MR) is 54.5 cm³/mol. The van der Waals surface area contributed by atoms with Crippen molar-refractivity contribution in [3.8, 4) is 5.88 Å². The molecule has 1 rings (SSSR count). The first kappa shape index (κ1) is 10.7. The van der Waals surface area contributed by atoms with Crippen molar-refractivity contribution in [2.45, 2.75) is 27.2 Å². The van der Waals surface area contributed by atoms with E-state index in [4.69, 9.17) is 16.3 Å². The van der Waals surface area contributed by atoms with Crippen LogP contribution in [0.3, 0.4) is 0 Å². The molecule has 3 nitrogen and oxygen atoms in total. The smallest absolute Gasteiger partial charge is 0.265 e. The maximum Gasteiger partial charge on any atom is 0.265 e. The van der Waals surface area contributed by atoms with Gasteiger partial charge in [0, 0.05) is 0 Å². The number of hydrogen-bond acceptors (Lipinski definition) is 4. The van der Waals surface area contributed by atoms with E-state index in [9.17, 15) is 0 Å². The number of ether oxygens (including phenoxy) is 1. The minimum Gasteiger partial charge on any atom is -0.475 e. The first-order chi connectivity index (χ1) is 5.99. The molecule has 0 unspecified atom stereocenters. The summed E-state index contributed by atoms with van der Waals surface area (Å²) in [6, 6.07) is 0. The number of aromatic nitrogens is 2. The molecule has 0 N–H and O–H groups in total. The molecule has 0 amide bonds. The SMILES string of the molecule is CC(C)(C)CCOc1nsnc1Cl. The van der Waals surface area contributed by atoms with E-state index in [1.54, 1.807) is 0 Å². The van der Waals surface area contributed by atoms with Crippen molar-refractivity contribution in [1.29, 1.82) is 0 Å². The van der Waals surface area contributed by atoms with Crippen LogP contribution in [0, 0.1) is 5.41 Å². The largest absolute Gasteiger partial charge is 0.475 e. The van der Waals surface area contributed by atoms with Crippen molar-refractivity contribution in [2.75, 3.05) is 6.61 Å². The van der Waals surface area contributed by atoms with E-state index in [1.165, 1.54) is 0 Å². The molecule has 5 heteroatoms. The second-order valence-electron chi connectivity index (χ2n) is 4.02. The summed E-state index contributed by atoms with van der Waals surface area (Å²) < 4.78 is 13.1. The van der Waals surface area contributed by atoms with Crippen molar-refractivity contribution >= 4 is 23.3 Å². The fraction of sp³-hybridized carbons (Fsp3) is 0.750. The molecule has 0 saturated carbocycles. The molecule has 13 heavy (non-hydrogen) atoms. The molecular formula is C8H13ClN2OS. The van der Waals surface area contributed by atoms with Crippen LogP contribution in [-0.2, 0) is 0 Å². The highest BCUT2D eigenvalue weighted by Gasteiger charge is 2.12. The normalized spacial score (nSPS) is 11.7. The lowest BCUT2D eigenvalue weighted by Crippen LogP contribution is -2.11. The van der Waals surface area contributed by atoms with Crippen LogP contribution < -0.4 is 4.74 Å². The molecule has 1 aromatic rings. The van der Waals surface area contributed by atoms with Crippen LogP contribution in [-0.4, -0.2) is 15.4 Å². The van der Waals surface area contributed by atoms with Gasteiger partial charge in [-0.1, -0.05) is 32.4 Å². The Labute approximate surface area is 87.4 Å². The molecule has 0 spiro atoms. The summed E-state index contributed by atoms with van der Waals surface area (Å²) >= 11 is 6.77. The summed E-state index contributed by atoms with van der Waals surface area (Å²) in [6.45, 7) is 7.13. The molecule has 0 atom stereocenters. The van der Waals surface area contributed by atoms with Gasteiger partial charge in [-0.3, -0.25) is 0 Å². The minimum atomic E-state index is 0.274. The third kappa shape index (κ3) is 3.91. The van der Waals surface area contributed by atoms with Crippen molar-refractivity contribution in [1.82, 2.24) is 8.75 Å². The van der Waals surface area contributed by atoms with Gasteiger partial charge in [0.05, 0.1) is 18.3 Å². The van der Waals surface area contributed by atoms with Gasteiger partial charge in [0.25, 0.3) is 5.88 Å². The number of nitrogens with zero attached hydrogens (tertiary/aromatic N) is 2. The number of halogens is 1. The number of rotatable bonds is 3. The summed E-state index contributed by atoms with van der Waals surface area (Å²) in [5.41, 5.74) is 0.274. The molecule has 1 aromatic heterocycles. The van der Waals surface area contributed by atoms with E-state index in [2.05, 4.69) is 29.5 Å². The van der Waals surface area contributed by atoms with Crippen molar-refractivity contribution in [3.05, 3.63) is 5.15 Å². The van der Waals surface area contributed by atoms with E-state index >= 15 is 0 Å². The predicted octanol–water partition coefficient (Wildman–Crippen LogP) is 3.01. The lowest BCUT2D eigenvalue weighted by atomic mass is 9.93. The Bertz CT molecular complexity index is 269. The quantitative estimate of drug-likeness (QED) is 0.786. The van der Waals surface area contributed by atoms with E-state index in [0.29, 0.717) is 17.6 Å². The van der Waals surface area contributed by atoms with E-state index in [0.717, 1.165) is 18.1 Å². The van der Waals surface area contributed by atoms with Crippen molar-refractivity contribution in [3.63, 3.8) is 0 Å². The standard InChI is InChI=1S/C8H13ClN2OS/c1-8(2,3)4-5-12-7-6(9)10-13-11-7/h4-5H2,1-3H3. The van der Waals surface area contributed by atoms with Gasteiger partial charge >= 0.3 is 0 Å². The van der Waals surface area contributed by atoms with Crippen molar-refractivity contribution in [2.24, 2.45) is 5.41 Å². The maximum absolute atomic E-state index is 5.70. The van der Waals surface area contributed by atoms with Gasteiger partial charge in [0.1, 0.15) is 0 Å². The zero-order chi connectivity index (χ0) is 9.90. The third-order valence-electron chi connectivity index (χ3n) is 1.51. The van der Waals surface area contributed by atoms with Gasteiger partial charge in [-0.25, -0.2) is 0 Å². The van der Waals surface area contributed by atoms with E-state index < -0.39 is 0 Å². The molecule has 0 fully saturated rings.